The molecule has 1 saturated carbocycles. The van der Waals surface area contributed by atoms with Gasteiger partial charge in [-0.25, -0.2) is 0 Å². The van der Waals surface area contributed by atoms with Crippen LogP contribution < -0.4 is 10.6 Å². The number of hydrogen-bond donors (Lipinski definition) is 1. The molecule has 2 N–H and O–H groups in total. The highest BCUT2D eigenvalue weighted by molar-refractivity contribution is 6.01. The Labute approximate surface area is 118 Å². The second-order valence-corrected chi connectivity index (χ2v) is 5.60. The van der Waals surface area contributed by atoms with Crippen LogP contribution in [-0.4, -0.2) is 36.3 Å². The summed E-state index contributed by atoms with van der Waals surface area (Å²) in [5, 5.41) is 0. The molecule has 20 heavy (non-hydrogen) atoms. The summed E-state index contributed by atoms with van der Waals surface area (Å²) in [6.07, 6.45) is 3.28. The molecular formula is C15H19N3O2. The zero-order valence-corrected chi connectivity index (χ0v) is 11.6. The van der Waals surface area contributed by atoms with E-state index in [1.807, 2.05) is 19.2 Å². The number of carbonyl (C=O) groups excluding carboxylic acids is 2. The lowest BCUT2D eigenvalue weighted by Gasteiger charge is -2.30. The van der Waals surface area contributed by atoms with Crippen molar-refractivity contribution >= 4 is 23.2 Å². The maximum absolute atomic E-state index is 12.2. The summed E-state index contributed by atoms with van der Waals surface area (Å²) >= 11 is 0. The molecule has 2 amide bonds. The number of amides is 2. The first-order chi connectivity index (χ1) is 9.56. The van der Waals surface area contributed by atoms with E-state index in [-0.39, 0.29) is 18.4 Å². The van der Waals surface area contributed by atoms with Gasteiger partial charge in [-0.05, 0) is 43.0 Å². The molecule has 0 radical (unpaired) electrons. The number of anilines is 2. The fourth-order valence-corrected chi connectivity index (χ4v) is 2.67. The second-order valence-electron chi connectivity index (χ2n) is 5.60. The van der Waals surface area contributed by atoms with Gasteiger partial charge in [0.25, 0.3) is 0 Å². The van der Waals surface area contributed by atoms with Gasteiger partial charge in [-0.2, -0.15) is 0 Å². The summed E-state index contributed by atoms with van der Waals surface area (Å²) in [6.45, 7) is 0.128. The molecule has 0 bridgehead atoms. The number of nitrogens with two attached hydrogens (primary N) is 1. The number of aryl methyl sites for hydroxylation is 1. The van der Waals surface area contributed by atoms with Crippen LogP contribution >= 0.6 is 0 Å². The van der Waals surface area contributed by atoms with Crippen molar-refractivity contribution in [3.8, 4) is 0 Å². The van der Waals surface area contributed by atoms with Crippen LogP contribution in [0.4, 0.5) is 11.4 Å². The van der Waals surface area contributed by atoms with Gasteiger partial charge in [0, 0.05) is 30.9 Å². The third-order valence-corrected chi connectivity index (χ3v) is 4.08. The maximum atomic E-state index is 12.2. The molecule has 0 unspecified atom stereocenters. The average molecular weight is 273 g/mol. The molecule has 1 aromatic rings. The number of nitrogen functional groups attached to an aromatic ring is 1. The van der Waals surface area contributed by atoms with Crippen molar-refractivity contribution in [1.82, 2.24) is 4.90 Å². The molecule has 5 heteroatoms. The van der Waals surface area contributed by atoms with Crippen molar-refractivity contribution in [2.45, 2.75) is 31.7 Å². The molecule has 0 atom stereocenters. The number of hydrogen-bond acceptors (Lipinski definition) is 3. The summed E-state index contributed by atoms with van der Waals surface area (Å²) in [5.41, 5.74) is 8.35. The normalized spacial score (nSPS) is 17.9. The fraction of sp³-hybridized carbons (Fsp3) is 0.467. The van der Waals surface area contributed by atoms with Crippen molar-refractivity contribution < 1.29 is 9.59 Å². The highest BCUT2D eigenvalue weighted by atomic mass is 16.2. The van der Waals surface area contributed by atoms with E-state index in [0.717, 1.165) is 24.1 Å². The van der Waals surface area contributed by atoms with Crippen LogP contribution in [0.5, 0.6) is 0 Å². The summed E-state index contributed by atoms with van der Waals surface area (Å²) in [6, 6.07) is 5.88. The van der Waals surface area contributed by atoms with Gasteiger partial charge in [-0.1, -0.05) is 0 Å². The predicted molar refractivity (Wildman–Crippen MR) is 77.3 cm³/mol. The van der Waals surface area contributed by atoms with Gasteiger partial charge >= 0.3 is 0 Å². The summed E-state index contributed by atoms with van der Waals surface area (Å²) < 4.78 is 0. The van der Waals surface area contributed by atoms with Crippen LogP contribution in [0.1, 0.15) is 24.8 Å². The lowest BCUT2D eigenvalue weighted by Crippen LogP contribution is -2.44. The van der Waals surface area contributed by atoms with Gasteiger partial charge in [0.15, 0.2) is 0 Å². The lowest BCUT2D eigenvalue weighted by atomic mass is 10.0. The zero-order chi connectivity index (χ0) is 14.3. The molecule has 1 aliphatic heterocycles. The van der Waals surface area contributed by atoms with E-state index < -0.39 is 0 Å². The number of carbonyl (C=O) groups is 2. The average Bonchev–Trinajstić information content (AvgIpc) is 3.25. The Morgan fingerprint density at radius 3 is 2.85 bits per heavy atom. The van der Waals surface area contributed by atoms with Crippen LogP contribution in [0.25, 0.3) is 0 Å². The SMILES string of the molecule is CN(C(=O)CN1C(=O)CCc2cc(N)ccc21)C1CC1. The topological polar surface area (TPSA) is 66.6 Å². The standard InChI is InChI=1S/C15H19N3O2/c1-17(12-4-5-12)15(20)9-18-13-6-3-11(16)8-10(13)2-7-14(18)19/h3,6,8,12H,2,4-5,7,9,16H2,1H3. The largest absolute Gasteiger partial charge is 0.399 e. The molecule has 2 aliphatic rings. The quantitative estimate of drug-likeness (QED) is 0.841. The Bertz CT molecular complexity index is 566. The molecule has 0 saturated heterocycles. The molecule has 0 aromatic heterocycles. The fourth-order valence-electron chi connectivity index (χ4n) is 2.67. The first-order valence-corrected chi connectivity index (χ1v) is 7.00. The van der Waals surface area contributed by atoms with Crippen molar-refractivity contribution in [1.29, 1.82) is 0 Å². The third kappa shape index (κ3) is 2.35. The summed E-state index contributed by atoms with van der Waals surface area (Å²) in [5.74, 6) is 0.0188. The Morgan fingerprint density at radius 2 is 2.15 bits per heavy atom. The van der Waals surface area contributed by atoms with Gasteiger partial charge < -0.3 is 15.5 Å². The molecule has 5 nitrogen and oxygen atoms in total. The van der Waals surface area contributed by atoms with Crippen molar-refractivity contribution in [3.05, 3.63) is 23.8 Å². The second kappa shape index (κ2) is 4.81. The van der Waals surface area contributed by atoms with Crippen molar-refractivity contribution in [2.75, 3.05) is 24.2 Å². The Hall–Kier alpha value is -2.04. The van der Waals surface area contributed by atoms with Crippen molar-refractivity contribution in [2.24, 2.45) is 0 Å². The molecule has 1 heterocycles. The third-order valence-electron chi connectivity index (χ3n) is 4.08. The van der Waals surface area contributed by atoms with Gasteiger partial charge in [-0.3, -0.25) is 9.59 Å². The number of rotatable bonds is 3. The zero-order valence-electron chi connectivity index (χ0n) is 11.6. The van der Waals surface area contributed by atoms with Gasteiger partial charge in [-0.15, -0.1) is 0 Å². The van der Waals surface area contributed by atoms with Crippen molar-refractivity contribution in [3.63, 3.8) is 0 Å². The minimum Gasteiger partial charge on any atom is -0.399 e. The minimum absolute atomic E-state index is 0.00512. The van der Waals surface area contributed by atoms with E-state index in [9.17, 15) is 9.59 Å². The van der Waals surface area contributed by atoms with Crippen LogP contribution in [-0.2, 0) is 16.0 Å². The monoisotopic (exact) mass is 273 g/mol. The van der Waals surface area contributed by atoms with E-state index in [4.69, 9.17) is 5.73 Å². The van der Waals surface area contributed by atoms with Crippen LogP contribution in [0.2, 0.25) is 0 Å². The van der Waals surface area contributed by atoms with Gasteiger partial charge in [0.1, 0.15) is 6.54 Å². The Kier molecular flexibility index (Phi) is 3.12. The minimum atomic E-state index is 0.00512. The molecule has 1 aromatic carbocycles. The number of fused-ring (bicyclic) bond motifs is 1. The summed E-state index contributed by atoms with van der Waals surface area (Å²) in [7, 11) is 1.82. The smallest absolute Gasteiger partial charge is 0.242 e. The van der Waals surface area contributed by atoms with Crippen LogP contribution in [0, 0.1) is 0 Å². The molecule has 3 rings (SSSR count). The lowest BCUT2D eigenvalue weighted by molar-refractivity contribution is -0.130. The Morgan fingerprint density at radius 1 is 1.40 bits per heavy atom. The molecule has 1 fully saturated rings. The first-order valence-electron chi connectivity index (χ1n) is 7.00. The molecule has 1 aliphatic carbocycles. The summed E-state index contributed by atoms with van der Waals surface area (Å²) in [4.78, 5) is 27.7. The van der Waals surface area contributed by atoms with E-state index in [2.05, 4.69) is 0 Å². The van der Waals surface area contributed by atoms with E-state index in [0.29, 0.717) is 24.6 Å². The molecule has 106 valence electrons. The van der Waals surface area contributed by atoms with E-state index >= 15 is 0 Å². The number of benzene rings is 1. The van der Waals surface area contributed by atoms with Gasteiger partial charge in [0.05, 0.1) is 0 Å². The molecule has 0 spiro atoms. The number of nitrogens with zero attached hydrogens (tertiary/aromatic N) is 2. The molecular weight excluding hydrogens is 254 g/mol. The predicted octanol–water partition coefficient (Wildman–Crippen LogP) is 1.17. The first kappa shape index (κ1) is 13.0. The highest BCUT2D eigenvalue weighted by Crippen LogP contribution is 2.30. The van der Waals surface area contributed by atoms with E-state index in [1.54, 1.807) is 15.9 Å². The van der Waals surface area contributed by atoms with Crippen LogP contribution in [0.15, 0.2) is 18.2 Å². The van der Waals surface area contributed by atoms with E-state index in [1.165, 1.54) is 0 Å². The number of likely N-dealkylation sites (N-methyl/N-ethyl adjacent to an activating group) is 1. The van der Waals surface area contributed by atoms with Crippen LogP contribution in [0.3, 0.4) is 0 Å². The van der Waals surface area contributed by atoms with Gasteiger partial charge in [0.2, 0.25) is 11.8 Å². The highest BCUT2D eigenvalue weighted by Gasteiger charge is 2.32. The maximum Gasteiger partial charge on any atom is 0.242 e. The Balaban J connectivity index is 1.81.